The predicted octanol–water partition coefficient (Wildman–Crippen LogP) is 0.992. The Morgan fingerprint density at radius 3 is 2.80 bits per heavy atom. The van der Waals surface area contributed by atoms with Crippen LogP contribution in [0, 0.1) is 11.8 Å². The van der Waals surface area contributed by atoms with Gasteiger partial charge in [0.15, 0.2) is 6.61 Å². The number of carbonyl (C=O) groups is 1. The monoisotopic (exact) mass is 227 g/mol. The second-order valence-corrected chi connectivity index (χ2v) is 4.48. The molecule has 0 aromatic rings. The Hall–Kier alpha value is -0.660. The van der Waals surface area contributed by atoms with Crippen LogP contribution in [0.15, 0.2) is 0 Å². The van der Waals surface area contributed by atoms with Crippen molar-refractivity contribution in [1.29, 1.82) is 0 Å². The first-order valence-corrected chi connectivity index (χ1v) is 6.40. The molecule has 0 aliphatic carbocycles. The van der Waals surface area contributed by atoms with Crippen LogP contribution in [0.4, 0.5) is 0 Å². The highest BCUT2D eigenvalue weighted by atomic mass is 32.2. The van der Waals surface area contributed by atoms with E-state index in [-0.39, 0.29) is 12.6 Å². The molecule has 0 aromatic carbocycles. The van der Waals surface area contributed by atoms with Gasteiger partial charge in [-0.25, -0.2) is 0 Å². The average Bonchev–Trinajstić information content (AvgIpc) is 2.29. The van der Waals surface area contributed by atoms with E-state index in [4.69, 9.17) is 4.74 Å². The molecule has 1 fully saturated rings. The predicted molar refractivity (Wildman–Crippen MR) is 62.8 cm³/mol. The zero-order chi connectivity index (χ0) is 10.9. The number of rotatable bonds is 3. The van der Waals surface area contributed by atoms with E-state index < -0.39 is 0 Å². The Morgan fingerprint density at radius 1 is 1.40 bits per heavy atom. The van der Waals surface area contributed by atoms with Crippen molar-refractivity contribution in [3.63, 3.8) is 0 Å². The summed E-state index contributed by atoms with van der Waals surface area (Å²) in [5.74, 6) is 8.10. The molecule has 0 atom stereocenters. The van der Waals surface area contributed by atoms with E-state index in [1.165, 1.54) is 11.5 Å². The summed E-state index contributed by atoms with van der Waals surface area (Å²) in [6, 6.07) is 0. The number of hydrogen-bond acceptors (Lipinski definition) is 4. The van der Waals surface area contributed by atoms with Gasteiger partial charge in [-0.15, -0.1) is 0 Å². The molecule has 0 saturated carbocycles. The molecule has 0 N–H and O–H groups in total. The summed E-state index contributed by atoms with van der Waals surface area (Å²) in [6.07, 6.45) is 0.422. The number of nitrogens with zero attached hydrogens (tertiary/aromatic N) is 1. The fourth-order valence-corrected chi connectivity index (χ4v) is 2.18. The number of thioether (sulfide) groups is 1. The standard InChI is InChI=1S/C11H17NO2S/c1-2-11(13)14-8-4-3-5-12-6-9-15-10-7-12/h2,5-10H2,1H3. The Labute approximate surface area is 95.5 Å². The SMILES string of the molecule is CCC(=O)OCC#CCN1CCSCC1. The van der Waals surface area contributed by atoms with Crippen molar-refractivity contribution in [3.05, 3.63) is 0 Å². The van der Waals surface area contributed by atoms with E-state index >= 15 is 0 Å². The van der Waals surface area contributed by atoms with E-state index in [9.17, 15) is 4.79 Å². The zero-order valence-corrected chi connectivity index (χ0v) is 9.94. The lowest BCUT2D eigenvalue weighted by atomic mass is 10.4. The molecule has 0 radical (unpaired) electrons. The van der Waals surface area contributed by atoms with Gasteiger partial charge in [0.2, 0.25) is 0 Å². The Kier molecular flexibility index (Phi) is 6.29. The van der Waals surface area contributed by atoms with E-state index in [1.807, 2.05) is 11.8 Å². The van der Waals surface area contributed by atoms with Gasteiger partial charge in [0.25, 0.3) is 0 Å². The van der Waals surface area contributed by atoms with Crippen LogP contribution < -0.4 is 0 Å². The van der Waals surface area contributed by atoms with Gasteiger partial charge in [0, 0.05) is 31.0 Å². The molecule has 3 nitrogen and oxygen atoms in total. The third-order valence-electron chi connectivity index (χ3n) is 2.13. The smallest absolute Gasteiger partial charge is 0.306 e. The molecule has 0 aromatic heterocycles. The first kappa shape index (κ1) is 12.4. The van der Waals surface area contributed by atoms with Crippen LogP contribution >= 0.6 is 11.8 Å². The van der Waals surface area contributed by atoms with Gasteiger partial charge in [-0.05, 0) is 0 Å². The quantitative estimate of drug-likeness (QED) is 0.531. The highest BCUT2D eigenvalue weighted by Gasteiger charge is 2.07. The van der Waals surface area contributed by atoms with Gasteiger partial charge in [-0.2, -0.15) is 11.8 Å². The lowest BCUT2D eigenvalue weighted by molar-refractivity contribution is -0.141. The van der Waals surface area contributed by atoms with E-state index in [1.54, 1.807) is 6.92 Å². The van der Waals surface area contributed by atoms with Crippen LogP contribution in [0.3, 0.4) is 0 Å². The second-order valence-electron chi connectivity index (χ2n) is 3.26. The van der Waals surface area contributed by atoms with Crippen LogP contribution in [0.5, 0.6) is 0 Å². The molecule has 1 aliphatic rings. The highest BCUT2D eigenvalue weighted by molar-refractivity contribution is 7.99. The number of hydrogen-bond donors (Lipinski definition) is 0. The molecule has 1 heterocycles. The maximum absolute atomic E-state index is 10.8. The third-order valence-corrected chi connectivity index (χ3v) is 3.07. The summed E-state index contributed by atoms with van der Waals surface area (Å²) in [5.41, 5.74) is 0. The maximum Gasteiger partial charge on any atom is 0.306 e. The normalized spacial score (nSPS) is 16.6. The Morgan fingerprint density at radius 2 is 2.13 bits per heavy atom. The van der Waals surface area contributed by atoms with Crippen molar-refractivity contribution in [2.24, 2.45) is 0 Å². The first-order valence-electron chi connectivity index (χ1n) is 5.24. The van der Waals surface area contributed by atoms with Crippen molar-refractivity contribution in [1.82, 2.24) is 4.90 Å². The van der Waals surface area contributed by atoms with Crippen LogP contribution in [0.1, 0.15) is 13.3 Å². The molecule has 1 saturated heterocycles. The summed E-state index contributed by atoms with van der Waals surface area (Å²) < 4.78 is 4.85. The van der Waals surface area contributed by atoms with Gasteiger partial charge >= 0.3 is 5.97 Å². The van der Waals surface area contributed by atoms with Crippen molar-refractivity contribution < 1.29 is 9.53 Å². The minimum atomic E-state index is -0.182. The maximum atomic E-state index is 10.8. The first-order chi connectivity index (χ1) is 7.33. The van der Waals surface area contributed by atoms with Crippen molar-refractivity contribution >= 4 is 17.7 Å². The summed E-state index contributed by atoms with van der Waals surface area (Å²) in [4.78, 5) is 13.1. The molecule has 1 aliphatic heterocycles. The van der Waals surface area contributed by atoms with Gasteiger partial charge in [0.1, 0.15) is 0 Å². The van der Waals surface area contributed by atoms with Gasteiger partial charge in [-0.3, -0.25) is 9.69 Å². The van der Waals surface area contributed by atoms with Crippen molar-refractivity contribution in [2.45, 2.75) is 13.3 Å². The van der Waals surface area contributed by atoms with Gasteiger partial charge in [0.05, 0.1) is 6.54 Å². The van der Waals surface area contributed by atoms with Crippen molar-refractivity contribution in [2.75, 3.05) is 37.7 Å². The lowest BCUT2D eigenvalue weighted by Gasteiger charge is -2.23. The average molecular weight is 227 g/mol. The zero-order valence-electron chi connectivity index (χ0n) is 9.12. The largest absolute Gasteiger partial charge is 0.452 e. The molecular formula is C11H17NO2S. The Balaban J connectivity index is 2.07. The minimum absolute atomic E-state index is 0.182. The lowest BCUT2D eigenvalue weighted by Crippen LogP contribution is -2.32. The van der Waals surface area contributed by atoms with E-state index in [0.29, 0.717) is 6.42 Å². The Bertz CT molecular complexity index is 251. The molecular weight excluding hydrogens is 210 g/mol. The molecule has 4 heteroatoms. The topological polar surface area (TPSA) is 29.5 Å². The molecule has 0 spiro atoms. The molecule has 0 bridgehead atoms. The van der Waals surface area contributed by atoms with E-state index in [0.717, 1.165) is 19.6 Å². The fourth-order valence-electron chi connectivity index (χ4n) is 1.20. The van der Waals surface area contributed by atoms with Crippen LogP contribution in [-0.2, 0) is 9.53 Å². The number of carbonyl (C=O) groups excluding carboxylic acids is 1. The highest BCUT2D eigenvalue weighted by Crippen LogP contribution is 2.07. The van der Waals surface area contributed by atoms with E-state index in [2.05, 4.69) is 16.7 Å². The van der Waals surface area contributed by atoms with Crippen LogP contribution in [0.25, 0.3) is 0 Å². The fraction of sp³-hybridized carbons (Fsp3) is 0.727. The molecule has 15 heavy (non-hydrogen) atoms. The summed E-state index contributed by atoms with van der Waals surface area (Å²) >= 11 is 1.99. The number of esters is 1. The molecule has 84 valence electrons. The van der Waals surface area contributed by atoms with Gasteiger partial charge in [-0.1, -0.05) is 18.8 Å². The molecule has 0 unspecified atom stereocenters. The van der Waals surface area contributed by atoms with Crippen molar-refractivity contribution in [3.8, 4) is 11.8 Å². The molecule has 0 amide bonds. The van der Waals surface area contributed by atoms with Gasteiger partial charge < -0.3 is 4.74 Å². The third kappa shape index (κ3) is 5.71. The minimum Gasteiger partial charge on any atom is -0.452 e. The summed E-state index contributed by atoms with van der Waals surface area (Å²) in [7, 11) is 0. The summed E-state index contributed by atoms with van der Waals surface area (Å²) in [6.45, 7) is 5.04. The summed E-state index contributed by atoms with van der Waals surface area (Å²) in [5, 5.41) is 0. The number of ether oxygens (including phenoxy) is 1. The second kappa shape index (κ2) is 7.61. The van der Waals surface area contributed by atoms with Crippen LogP contribution in [0.2, 0.25) is 0 Å². The van der Waals surface area contributed by atoms with Crippen LogP contribution in [-0.4, -0.2) is 48.6 Å². The molecule has 1 rings (SSSR count).